The first-order chi connectivity index (χ1) is 16.7. The van der Waals surface area contributed by atoms with Crippen molar-refractivity contribution in [1.29, 1.82) is 0 Å². The molecule has 0 spiro atoms. The summed E-state index contributed by atoms with van der Waals surface area (Å²) in [4.78, 5) is 36.9. The summed E-state index contributed by atoms with van der Waals surface area (Å²) in [5, 5.41) is 18.2. The molecule has 11 heteroatoms. The highest BCUT2D eigenvalue weighted by Crippen LogP contribution is 2.26. The van der Waals surface area contributed by atoms with Gasteiger partial charge >= 0.3 is 5.97 Å². The lowest BCUT2D eigenvalue weighted by molar-refractivity contribution is -0.142. The molecule has 2 saturated heterocycles. The van der Waals surface area contributed by atoms with Crippen molar-refractivity contribution in [3.63, 3.8) is 0 Å². The van der Waals surface area contributed by atoms with Gasteiger partial charge in [-0.3, -0.25) is 9.59 Å². The zero-order chi connectivity index (χ0) is 25.4. The van der Waals surface area contributed by atoms with Crippen molar-refractivity contribution in [1.82, 2.24) is 20.3 Å². The molecule has 3 rings (SSSR count). The number of sulfonamides is 1. The van der Waals surface area contributed by atoms with E-state index < -0.39 is 34.0 Å². The number of piperidine rings is 1. The molecule has 0 saturated carbocycles. The van der Waals surface area contributed by atoms with Crippen LogP contribution in [0.1, 0.15) is 50.5 Å². The lowest BCUT2D eigenvalue weighted by Gasteiger charge is -2.25. The number of carboxylic acids is 1. The monoisotopic (exact) mass is 508 g/mol. The van der Waals surface area contributed by atoms with Gasteiger partial charge in [0.05, 0.1) is 4.90 Å². The summed E-state index contributed by atoms with van der Waals surface area (Å²) >= 11 is 0. The Bertz CT molecular complexity index is 992. The highest BCUT2D eigenvalue weighted by Gasteiger charge is 2.40. The highest BCUT2D eigenvalue weighted by molar-refractivity contribution is 7.89. The number of carbonyl (C=O) groups excluding carboxylic acids is 2. The Morgan fingerprint density at radius 1 is 1.09 bits per heavy atom. The molecule has 2 atom stereocenters. The average molecular weight is 509 g/mol. The average Bonchev–Trinajstić information content (AvgIpc) is 3.35. The molecule has 0 unspecified atom stereocenters. The molecule has 2 aliphatic rings. The minimum Gasteiger partial charge on any atom is -0.480 e. The molecule has 35 heavy (non-hydrogen) atoms. The van der Waals surface area contributed by atoms with Crippen LogP contribution in [0.3, 0.4) is 0 Å². The van der Waals surface area contributed by atoms with Gasteiger partial charge in [-0.15, -0.1) is 0 Å². The third-order valence-electron chi connectivity index (χ3n) is 6.68. The van der Waals surface area contributed by atoms with Crippen LogP contribution in [0, 0.1) is 12.8 Å². The Labute approximate surface area is 206 Å². The van der Waals surface area contributed by atoms with Crippen LogP contribution in [0.4, 0.5) is 0 Å². The van der Waals surface area contributed by atoms with Gasteiger partial charge in [0.1, 0.15) is 12.1 Å². The van der Waals surface area contributed by atoms with Crippen LogP contribution in [0.25, 0.3) is 0 Å². The van der Waals surface area contributed by atoms with E-state index in [9.17, 15) is 27.9 Å². The summed E-state index contributed by atoms with van der Waals surface area (Å²) in [5.74, 6) is -1.70. The van der Waals surface area contributed by atoms with Gasteiger partial charge < -0.3 is 21.1 Å². The van der Waals surface area contributed by atoms with E-state index in [4.69, 9.17) is 0 Å². The van der Waals surface area contributed by atoms with Crippen LogP contribution in [0.5, 0.6) is 0 Å². The topological polar surface area (TPSA) is 145 Å². The first kappa shape index (κ1) is 27.1. The number of aryl methyl sites for hydroxylation is 1. The number of nitrogens with zero attached hydrogens (tertiary/aromatic N) is 1. The first-order valence-corrected chi connectivity index (χ1v) is 13.7. The van der Waals surface area contributed by atoms with Crippen LogP contribution in [0.2, 0.25) is 0 Å². The van der Waals surface area contributed by atoms with Crippen molar-refractivity contribution in [2.45, 2.75) is 68.8 Å². The van der Waals surface area contributed by atoms with Gasteiger partial charge in [-0.25, -0.2) is 13.2 Å². The van der Waals surface area contributed by atoms with E-state index in [-0.39, 0.29) is 29.7 Å². The van der Waals surface area contributed by atoms with Crippen LogP contribution >= 0.6 is 0 Å². The Balaban J connectivity index is 1.49. The number of hydrogen-bond acceptors (Lipinski definition) is 6. The third kappa shape index (κ3) is 7.25. The number of hydrogen-bond donors (Lipinski definition) is 4. The Kier molecular flexibility index (Phi) is 9.64. The molecule has 0 bridgehead atoms. The van der Waals surface area contributed by atoms with Crippen molar-refractivity contribution < 1.29 is 27.9 Å². The molecule has 0 radical (unpaired) electrons. The molecule has 194 valence electrons. The number of carbonyl (C=O) groups is 3. The van der Waals surface area contributed by atoms with Gasteiger partial charge in [0.25, 0.3) is 0 Å². The first-order valence-electron chi connectivity index (χ1n) is 12.3. The van der Waals surface area contributed by atoms with Crippen LogP contribution in [-0.2, 0) is 24.4 Å². The van der Waals surface area contributed by atoms with E-state index in [1.807, 2.05) is 6.92 Å². The van der Waals surface area contributed by atoms with Crippen molar-refractivity contribution >= 4 is 27.8 Å². The summed E-state index contributed by atoms with van der Waals surface area (Å²) in [5.41, 5.74) is 0.926. The van der Waals surface area contributed by atoms with Crippen molar-refractivity contribution in [2.24, 2.45) is 5.92 Å². The lowest BCUT2D eigenvalue weighted by atomic mass is 9.97. The van der Waals surface area contributed by atoms with E-state index >= 15 is 0 Å². The molecule has 0 aliphatic carbocycles. The second kappa shape index (κ2) is 12.5. The molecule has 2 aliphatic heterocycles. The number of aliphatic carboxylic acids is 1. The zero-order valence-electron chi connectivity index (χ0n) is 20.2. The molecule has 1 aromatic rings. The van der Waals surface area contributed by atoms with E-state index in [0.717, 1.165) is 31.5 Å². The molecule has 0 aromatic heterocycles. The second-order valence-corrected chi connectivity index (χ2v) is 11.2. The van der Waals surface area contributed by atoms with Gasteiger partial charge in [0.2, 0.25) is 21.8 Å². The molecule has 10 nitrogen and oxygen atoms in total. The smallest absolute Gasteiger partial charge is 0.326 e. The molecule has 1 aromatic carbocycles. The number of carboxylic acid groups (broad SMARTS) is 1. The standard InChI is InChI=1S/C24H36N4O6S/c1-17-7-9-19(10-8-17)35(33,34)28-16-4-6-21(28)23(30)27-20(24(31)32)5-2-3-13-26-22(29)18-11-14-25-15-12-18/h7-10,18,20-21,25H,2-6,11-16H2,1H3,(H,26,29)(H,27,30)(H,31,32)/t20-,21-/m0/s1. The molecule has 4 N–H and O–H groups in total. The lowest BCUT2D eigenvalue weighted by Crippen LogP contribution is -2.50. The Morgan fingerprint density at radius 3 is 2.43 bits per heavy atom. The third-order valence-corrected chi connectivity index (χ3v) is 8.60. The SMILES string of the molecule is Cc1ccc(S(=O)(=O)N2CCC[C@H]2C(=O)N[C@@H](CCCCNC(=O)C2CCNCC2)C(=O)O)cc1. The van der Waals surface area contributed by atoms with Gasteiger partial charge in [0, 0.05) is 19.0 Å². The van der Waals surface area contributed by atoms with E-state index in [2.05, 4.69) is 16.0 Å². The van der Waals surface area contributed by atoms with Crippen molar-refractivity contribution in [3.05, 3.63) is 29.8 Å². The molecule has 2 fully saturated rings. The molecular formula is C24H36N4O6S. The zero-order valence-corrected chi connectivity index (χ0v) is 21.0. The number of rotatable bonds is 11. The fourth-order valence-corrected chi connectivity index (χ4v) is 6.23. The fourth-order valence-electron chi connectivity index (χ4n) is 4.57. The Morgan fingerprint density at radius 2 is 1.77 bits per heavy atom. The van der Waals surface area contributed by atoms with Crippen LogP contribution in [-0.4, -0.2) is 73.9 Å². The van der Waals surface area contributed by atoms with Crippen molar-refractivity contribution in [3.8, 4) is 0 Å². The second-order valence-electron chi connectivity index (χ2n) is 9.30. The predicted octanol–water partition coefficient (Wildman–Crippen LogP) is 1.00. The molecule has 2 amide bonds. The van der Waals surface area contributed by atoms with Gasteiger partial charge in [-0.1, -0.05) is 17.7 Å². The van der Waals surface area contributed by atoms with Crippen LogP contribution in [0.15, 0.2) is 29.2 Å². The van der Waals surface area contributed by atoms with E-state index in [0.29, 0.717) is 32.2 Å². The summed E-state index contributed by atoms with van der Waals surface area (Å²) in [6.45, 7) is 4.19. The number of benzene rings is 1. The van der Waals surface area contributed by atoms with E-state index in [1.54, 1.807) is 12.1 Å². The Hall–Kier alpha value is -2.50. The minimum atomic E-state index is -3.87. The maximum atomic E-state index is 13.1. The minimum absolute atomic E-state index is 0.0212. The highest BCUT2D eigenvalue weighted by atomic mass is 32.2. The summed E-state index contributed by atoms with van der Waals surface area (Å²) < 4.78 is 27.3. The van der Waals surface area contributed by atoms with Gasteiger partial charge in [-0.05, 0) is 77.1 Å². The summed E-state index contributed by atoms with van der Waals surface area (Å²) in [6, 6.07) is 4.38. The quantitative estimate of drug-likeness (QED) is 0.326. The molecular weight excluding hydrogens is 472 g/mol. The summed E-state index contributed by atoms with van der Waals surface area (Å²) in [6.07, 6.45) is 3.78. The van der Waals surface area contributed by atoms with Gasteiger partial charge in [-0.2, -0.15) is 4.31 Å². The normalized spacial score (nSPS) is 20.3. The molecule has 2 heterocycles. The number of amides is 2. The predicted molar refractivity (Wildman–Crippen MR) is 130 cm³/mol. The maximum absolute atomic E-state index is 13.1. The fraction of sp³-hybridized carbons (Fsp3) is 0.625. The number of unbranched alkanes of at least 4 members (excludes halogenated alkanes) is 1. The maximum Gasteiger partial charge on any atom is 0.326 e. The van der Waals surface area contributed by atoms with Gasteiger partial charge in [0.15, 0.2) is 0 Å². The number of nitrogens with one attached hydrogen (secondary N) is 3. The largest absolute Gasteiger partial charge is 0.480 e. The van der Waals surface area contributed by atoms with Crippen molar-refractivity contribution in [2.75, 3.05) is 26.2 Å². The van der Waals surface area contributed by atoms with E-state index in [1.165, 1.54) is 16.4 Å². The van der Waals surface area contributed by atoms with Crippen LogP contribution < -0.4 is 16.0 Å². The summed E-state index contributed by atoms with van der Waals surface area (Å²) in [7, 11) is -3.87.